The van der Waals surface area contributed by atoms with Crippen LogP contribution in [-0.4, -0.2) is 29.4 Å². The Labute approximate surface area is 164 Å². The first-order valence-electron chi connectivity index (χ1n) is 8.98. The van der Waals surface area contributed by atoms with E-state index in [9.17, 15) is 4.79 Å². The Morgan fingerprint density at radius 2 is 1.96 bits per heavy atom. The number of ether oxygens (including phenoxy) is 2. The van der Waals surface area contributed by atoms with Crippen LogP contribution in [0, 0.1) is 0 Å². The molecule has 0 aliphatic heterocycles. The molecule has 0 radical (unpaired) electrons. The van der Waals surface area contributed by atoms with E-state index >= 15 is 0 Å². The molecule has 0 bridgehead atoms. The van der Waals surface area contributed by atoms with Crippen LogP contribution in [0.25, 0.3) is 6.08 Å². The minimum absolute atomic E-state index is 0.129. The molecular formula is C22H23N3O3. The van der Waals surface area contributed by atoms with Crippen LogP contribution in [0.15, 0.2) is 66.9 Å². The number of allylic oxidation sites excluding steroid dienone is 1. The summed E-state index contributed by atoms with van der Waals surface area (Å²) < 4.78 is 12.7. The van der Waals surface area contributed by atoms with Crippen LogP contribution in [0.4, 0.5) is 5.82 Å². The van der Waals surface area contributed by atoms with E-state index in [2.05, 4.69) is 10.4 Å². The lowest BCUT2D eigenvalue weighted by Gasteiger charge is -2.12. The maximum atomic E-state index is 12.3. The number of hydrogen-bond donors (Lipinski definition) is 1. The van der Waals surface area contributed by atoms with Crippen LogP contribution in [0.3, 0.4) is 0 Å². The molecule has 0 spiro atoms. The number of anilines is 1. The maximum absolute atomic E-state index is 12.3. The summed E-state index contributed by atoms with van der Waals surface area (Å²) in [4.78, 5) is 12.3. The third kappa shape index (κ3) is 5.01. The normalized spacial score (nSPS) is 10.8. The molecule has 0 unspecified atom stereocenters. The number of carbonyl (C=O) groups is 1. The first-order chi connectivity index (χ1) is 13.7. The summed E-state index contributed by atoms with van der Waals surface area (Å²) in [7, 11) is 1.57. The number of nitrogens with one attached hydrogen (secondary N) is 1. The Morgan fingerprint density at radius 1 is 1.14 bits per heavy atom. The number of aromatic nitrogens is 2. The fourth-order valence-electron chi connectivity index (χ4n) is 2.74. The standard InChI is InChI=1S/C22H23N3O3/c1-3-7-17-10-11-19(20(14-17)27-2)28-16-22(26)24-21-12-13-23-25(21)15-18-8-5-4-6-9-18/h3-14H,15-16H2,1-2H3,(H,24,26)/b7-3+. The van der Waals surface area contributed by atoms with Gasteiger partial charge in [0.2, 0.25) is 0 Å². The molecule has 0 saturated carbocycles. The minimum atomic E-state index is -0.269. The molecule has 28 heavy (non-hydrogen) atoms. The van der Waals surface area contributed by atoms with Crippen molar-refractivity contribution in [3.63, 3.8) is 0 Å². The molecular weight excluding hydrogens is 354 g/mol. The first-order valence-corrected chi connectivity index (χ1v) is 8.98. The Morgan fingerprint density at radius 3 is 2.71 bits per heavy atom. The van der Waals surface area contributed by atoms with Crippen molar-refractivity contribution in [2.45, 2.75) is 13.5 Å². The van der Waals surface area contributed by atoms with E-state index < -0.39 is 0 Å². The van der Waals surface area contributed by atoms with Gasteiger partial charge in [0.15, 0.2) is 18.1 Å². The van der Waals surface area contributed by atoms with Gasteiger partial charge in [-0.15, -0.1) is 0 Å². The lowest BCUT2D eigenvalue weighted by atomic mass is 10.2. The molecule has 6 heteroatoms. The fourth-order valence-corrected chi connectivity index (χ4v) is 2.74. The third-order valence-corrected chi connectivity index (χ3v) is 4.06. The van der Waals surface area contributed by atoms with E-state index in [0.717, 1.165) is 11.1 Å². The SMILES string of the molecule is C/C=C/c1ccc(OCC(=O)Nc2ccnn2Cc2ccccc2)c(OC)c1. The van der Waals surface area contributed by atoms with Crippen molar-refractivity contribution in [1.82, 2.24) is 9.78 Å². The predicted octanol–water partition coefficient (Wildman–Crippen LogP) is 3.99. The van der Waals surface area contributed by atoms with Gasteiger partial charge in [0.1, 0.15) is 5.82 Å². The number of hydrogen-bond acceptors (Lipinski definition) is 4. The van der Waals surface area contributed by atoms with Gasteiger partial charge < -0.3 is 14.8 Å². The molecule has 3 rings (SSSR count). The average molecular weight is 377 g/mol. The molecule has 1 N–H and O–H groups in total. The van der Waals surface area contributed by atoms with Gasteiger partial charge in [0.25, 0.3) is 5.91 Å². The molecule has 0 saturated heterocycles. The molecule has 6 nitrogen and oxygen atoms in total. The Bertz CT molecular complexity index is 949. The predicted molar refractivity (Wildman–Crippen MR) is 110 cm³/mol. The van der Waals surface area contributed by atoms with Crippen molar-refractivity contribution < 1.29 is 14.3 Å². The second-order valence-electron chi connectivity index (χ2n) is 6.11. The zero-order valence-corrected chi connectivity index (χ0v) is 16.0. The van der Waals surface area contributed by atoms with E-state index in [1.165, 1.54) is 0 Å². The van der Waals surface area contributed by atoms with Crippen molar-refractivity contribution >= 4 is 17.8 Å². The highest BCUT2D eigenvalue weighted by Gasteiger charge is 2.11. The summed E-state index contributed by atoms with van der Waals surface area (Å²) >= 11 is 0. The molecule has 3 aromatic rings. The summed E-state index contributed by atoms with van der Waals surface area (Å²) in [5.74, 6) is 1.45. The number of benzene rings is 2. The minimum Gasteiger partial charge on any atom is -0.493 e. The van der Waals surface area contributed by atoms with Crippen molar-refractivity contribution in [3.05, 3.63) is 78.0 Å². The van der Waals surface area contributed by atoms with Crippen molar-refractivity contribution in [2.24, 2.45) is 0 Å². The second-order valence-corrected chi connectivity index (χ2v) is 6.11. The molecule has 2 aromatic carbocycles. The fraction of sp³-hybridized carbons (Fsp3) is 0.182. The van der Waals surface area contributed by atoms with Crippen LogP contribution >= 0.6 is 0 Å². The smallest absolute Gasteiger partial charge is 0.263 e. The molecule has 0 fully saturated rings. The molecule has 1 heterocycles. The molecule has 0 atom stereocenters. The topological polar surface area (TPSA) is 65.4 Å². The largest absolute Gasteiger partial charge is 0.493 e. The van der Waals surface area contributed by atoms with Crippen molar-refractivity contribution in [3.8, 4) is 11.5 Å². The van der Waals surface area contributed by atoms with Crippen LogP contribution in [0.5, 0.6) is 11.5 Å². The maximum Gasteiger partial charge on any atom is 0.263 e. The summed E-state index contributed by atoms with van der Waals surface area (Å²) in [5.41, 5.74) is 2.10. The van der Waals surface area contributed by atoms with Crippen molar-refractivity contribution in [1.29, 1.82) is 0 Å². The summed E-state index contributed by atoms with van der Waals surface area (Å²) in [6.45, 7) is 2.39. The van der Waals surface area contributed by atoms with E-state index in [1.54, 1.807) is 30.1 Å². The summed E-state index contributed by atoms with van der Waals surface area (Å²) in [5, 5.41) is 7.11. The average Bonchev–Trinajstić information content (AvgIpc) is 3.14. The number of methoxy groups -OCH3 is 1. The highest BCUT2D eigenvalue weighted by molar-refractivity contribution is 5.91. The highest BCUT2D eigenvalue weighted by Crippen LogP contribution is 2.28. The van der Waals surface area contributed by atoms with Gasteiger partial charge in [-0.3, -0.25) is 4.79 Å². The monoisotopic (exact) mass is 377 g/mol. The van der Waals surface area contributed by atoms with Gasteiger partial charge in [-0.2, -0.15) is 5.10 Å². The molecule has 1 aromatic heterocycles. The van der Waals surface area contributed by atoms with Crippen LogP contribution in [0.2, 0.25) is 0 Å². The second kappa shape index (κ2) is 9.41. The van der Waals surface area contributed by atoms with Gasteiger partial charge in [-0.25, -0.2) is 4.68 Å². The van der Waals surface area contributed by atoms with Crippen LogP contribution in [0.1, 0.15) is 18.1 Å². The highest BCUT2D eigenvalue weighted by atomic mass is 16.5. The first kappa shape index (κ1) is 19.2. The lowest BCUT2D eigenvalue weighted by molar-refractivity contribution is -0.118. The van der Waals surface area contributed by atoms with Crippen molar-refractivity contribution in [2.75, 3.05) is 19.0 Å². The Kier molecular flexibility index (Phi) is 6.46. The molecule has 0 aliphatic rings. The number of carbonyl (C=O) groups excluding carboxylic acids is 1. The summed E-state index contributed by atoms with van der Waals surface area (Å²) in [6, 6.07) is 17.3. The Balaban J connectivity index is 1.60. The Hall–Kier alpha value is -3.54. The molecule has 1 amide bonds. The molecule has 144 valence electrons. The van der Waals surface area contributed by atoms with Gasteiger partial charge in [0, 0.05) is 6.07 Å². The zero-order chi connectivity index (χ0) is 19.8. The quantitative estimate of drug-likeness (QED) is 0.645. The summed E-state index contributed by atoms with van der Waals surface area (Å²) in [6.07, 6.45) is 5.57. The van der Waals surface area contributed by atoms with E-state index in [1.807, 2.05) is 61.5 Å². The van der Waals surface area contributed by atoms with Crippen LogP contribution in [-0.2, 0) is 11.3 Å². The zero-order valence-electron chi connectivity index (χ0n) is 16.0. The number of amides is 1. The van der Waals surface area contributed by atoms with E-state index in [0.29, 0.717) is 23.9 Å². The molecule has 0 aliphatic carbocycles. The van der Waals surface area contributed by atoms with Gasteiger partial charge >= 0.3 is 0 Å². The van der Waals surface area contributed by atoms with E-state index in [4.69, 9.17) is 9.47 Å². The third-order valence-electron chi connectivity index (χ3n) is 4.06. The van der Waals surface area contributed by atoms with Gasteiger partial charge in [-0.05, 0) is 30.2 Å². The van der Waals surface area contributed by atoms with Crippen LogP contribution < -0.4 is 14.8 Å². The van der Waals surface area contributed by atoms with Gasteiger partial charge in [-0.1, -0.05) is 48.6 Å². The van der Waals surface area contributed by atoms with Gasteiger partial charge in [0.05, 0.1) is 19.9 Å². The van der Waals surface area contributed by atoms with E-state index in [-0.39, 0.29) is 12.5 Å². The number of rotatable bonds is 8. The lowest BCUT2D eigenvalue weighted by Crippen LogP contribution is -2.22. The number of nitrogens with zero attached hydrogens (tertiary/aromatic N) is 2.